The first-order valence-corrected chi connectivity index (χ1v) is 13.0. The van der Waals surface area contributed by atoms with Crippen LogP contribution >= 0.6 is 0 Å². The number of nitrogens with one attached hydrogen (secondary N) is 1. The van der Waals surface area contributed by atoms with Crippen LogP contribution in [-0.4, -0.2) is 90.6 Å². The van der Waals surface area contributed by atoms with Crippen LogP contribution in [0.5, 0.6) is 5.75 Å². The Morgan fingerprint density at radius 3 is 2.47 bits per heavy atom. The van der Waals surface area contributed by atoms with Crippen molar-refractivity contribution in [2.24, 2.45) is 0 Å². The van der Waals surface area contributed by atoms with Gasteiger partial charge in [0.25, 0.3) is 5.91 Å². The molecule has 1 atom stereocenters. The average molecular weight is 511 g/mol. The molecule has 0 saturated carbocycles. The minimum absolute atomic E-state index is 0.00375. The molecule has 38 heavy (non-hydrogen) atoms. The van der Waals surface area contributed by atoms with Crippen molar-refractivity contribution in [3.63, 3.8) is 0 Å². The Kier molecular flexibility index (Phi) is 6.90. The van der Waals surface area contributed by atoms with E-state index < -0.39 is 17.3 Å². The first-order chi connectivity index (χ1) is 18.1. The van der Waals surface area contributed by atoms with Crippen molar-refractivity contribution in [1.29, 1.82) is 0 Å². The molecule has 13 heteroatoms. The highest BCUT2D eigenvalue weighted by molar-refractivity contribution is 6.51. The number of ether oxygens (including phenoxy) is 2. The lowest BCUT2D eigenvalue weighted by atomic mass is 9.56. The van der Waals surface area contributed by atoms with E-state index in [2.05, 4.69) is 5.32 Å². The minimum Gasteiger partial charge on any atom is -0.489 e. The van der Waals surface area contributed by atoms with Crippen molar-refractivity contribution >= 4 is 65.9 Å². The van der Waals surface area contributed by atoms with Crippen LogP contribution in [0.4, 0.5) is 0 Å². The van der Waals surface area contributed by atoms with E-state index in [1.807, 2.05) is 61.7 Å². The maximum Gasteiger partial charge on any atom is 0.254 e. The summed E-state index contributed by atoms with van der Waals surface area (Å²) in [6.07, 6.45) is 0.494. The Morgan fingerprint density at radius 2 is 1.79 bits per heavy atom. The Morgan fingerprint density at radius 1 is 1.08 bits per heavy atom. The largest absolute Gasteiger partial charge is 0.489 e. The van der Waals surface area contributed by atoms with E-state index in [9.17, 15) is 19.2 Å². The van der Waals surface area contributed by atoms with Crippen molar-refractivity contribution < 1.29 is 28.7 Å². The molecule has 2 saturated heterocycles. The van der Waals surface area contributed by atoms with Gasteiger partial charge in [-0.1, -0.05) is 41.3 Å². The average Bonchev–Trinajstić information content (AvgIpc) is 3.06. The molecule has 2 fully saturated rings. The van der Waals surface area contributed by atoms with Crippen molar-refractivity contribution in [2.45, 2.75) is 37.4 Å². The number of fused-ring (bicyclic) bond motifs is 1. The van der Waals surface area contributed by atoms with Crippen molar-refractivity contribution in [3.8, 4) is 5.75 Å². The monoisotopic (exact) mass is 511 g/mol. The molecule has 0 aromatic heterocycles. The van der Waals surface area contributed by atoms with Gasteiger partial charge in [0.05, 0.1) is 6.61 Å². The molecule has 0 spiro atoms. The van der Waals surface area contributed by atoms with Crippen LogP contribution < -0.4 is 21.0 Å². The number of imide groups is 1. The van der Waals surface area contributed by atoms with Gasteiger partial charge in [-0.15, -0.1) is 0 Å². The summed E-state index contributed by atoms with van der Waals surface area (Å²) in [6, 6.07) is 9.10. The highest BCUT2D eigenvalue weighted by Gasteiger charge is 2.50. The zero-order valence-electron chi connectivity index (χ0n) is 22.3. The van der Waals surface area contributed by atoms with Crippen LogP contribution in [0, 0.1) is 0 Å². The molecule has 5 rings (SSSR count). The molecule has 9 nitrogen and oxygen atoms in total. The fraction of sp³-hybridized carbons (Fsp3) is 0.360. The fourth-order valence-corrected chi connectivity index (χ4v) is 5.64. The van der Waals surface area contributed by atoms with Crippen LogP contribution in [-0.2, 0) is 37.6 Å². The van der Waals surface area contributed by atoms with Gasteiger partial charge in [-0.3, -0.25) is 24.5 Å². The van der Waals surface area contributed by atoms with Gasteiger partial charge < -0.3 is 19.3 Å². The van der Waals surface area contributed by atoms with E-state index >= 15 is 0 Å². The Labute approximate surface area is 225 Å². The van der Waals surface area contributed by atoms with Crippen LogP contribution in [0.1, 0.15) is 39.9 Å². The standard InChI is InChI=1S/C25H29B4N3O6/c26-16-9-15-20(25(28,29)32(24(15)36)17-5-6-18(33)30-23(17)35)22(21(16)27)38-11-14-3-1-13(2-4-14)10-31-7-8-37-12-19(31)34/h1-4,9,17H,5-8,10-12,26-29H2,(H,30,33,35). The maximum absolute atomic E-state index is 13.6. The van der Waals surface area contributed by atoms with Gasteiger partial charge in [0.1, 0.15) is 56.4 Å². The van der Waals surface area contributed by atoms with E-state index in [1.165, 1.54) is 0 Å². The Hall–Kier alpha value is -3.46. The number of carbonyl (C=O) groups excluding carboxylic acids is 4. The maximum atomic E-state index is 13.6. The molecule has 2 aromatic rings. The summed E-state index contributed by atoms with van der Waals surface area (Å²) in [5.74, 6) is -0.335. The number of amides is 4. The third-order valence-electron chi connectivity index (χ3n) is 7.84. The van der Waals surface area contributed by atoms with Crippen molar-refractivity contribution in [2.75, 3.05) is 19.8 Å². The van der Waals surface area contributed by atoms with Crippen LogP contribution in [0.15, 0.2) is 30.3 Å². The third-order valence-corrected chi connectivity index (χ3v) is 7.84. The van der Waals surface area contributed by atoms with Gasteiger partial charge in [0.15, 0.2) is 0 Å². The quantitative estimate of drug-likeness (QED) is 0.312. The van der Waals surface area contributed by atoms with Crippen molar-refractivity contribution in [1.82, 2.24) is 15.1 Å². The van der Waals surface area contributed by atoms with E-state index in [4.69, 9.17) is 9.47 Å². The summed E-state index contributed by atoms with van der Waals surface area (Å²) in [5.41, 5.74) is 5.15. The molecule has 4 amide bonds. The molecule has 2 aromatic carbocycles. The first kappa shape index (κ1) is 26.2. The summed E-state index contributed by atoms with van der Waals surface area (Å²) in [4.78, 5) is 53.5. The zero-order chi connectivity index (χ0) is 27.2. The van der Waals surface area contributed by atoms with Crippen LogP contribution in [0.3, 0.4) is 0 Å². The molecule has 0 radical (unpaired) electrons. The number of rotatable bonds is 6. The molecular formula is C25H29B4N3O6. The summed E-state index contributed by atoms with van der Waals surface area (Å²) in [6.45, 7) is 2.12. The summed E-state index contributed by atoms with van der Waals surface area (Å²) in [7, 11) is 7.76. The molecule has 3 heterocycles. The number of carbonyl (C=O) groups is 4. The van der Waals surface area contributed by atoms with Gasteiger partial charge in [-0.2, -0.15) is 0 Å². The number of hydrogen-bond acceptors (Lipinski definition) is 6. The number of hydrogen-bond donors (Lipinski definition) is 1. The lowest BCUT2D eigenvalue weighted by Crippen LogP contribution is -2.59. The number of nitrogens with zero attached hydrogens (tertiary/aromatic N) is 2. The molecule has 1 unspecified atom stereocenters. The molecular weight excluding hydrogens is 482 g/mol. The van der Waals surface area contributed by atoms with Gasteiger partial charge >= 0.3 is 0 Å². The van der Waals surface area contributed by atoms with E-state index in [-0.39, 0.29) is 30.7 Å². The van der Waals surface area contributed by atoms with E-state index in [0.717, 1.165) is 27.6 Å². The molecule has 3 aliphatic heterocycles. The number of piperidine rings is 1. The zero-order valence-corrected chi connectivity index (χ0v) is 22.3. The van der Waals surface area contributed by atoms with Gasteiger partial charge in [0, 0.05) is 36.0 Å². The lowest BCUT2D eigenvalue weighted by molar-refractivity contribution is -0.143. The van der Waals surface area contributed by atoms with Gasteiger partial charge in [-0.05, 0) is 17.5 Å². The Balaban J connectivity index is 1.37. The topological polar surface area (TPSA) is 105 Å². The second-order valence-corrected chi connectivity index (χ2v) is 10.7. The molecule has 0 aliphatic carbocycles. The molecule has 0 bridgehead atoms. The number of morpholine rings is 1. The summed E-state index contributed by atoms with van der Waals surface area (Å²) < 4.78 is 11.6. The van der Waals surface area contributed by atoms with E-state index in [0.29, 0.717) is 44.0 Å². The summed E-state index contributed by atoms with van der Waals surface area (Å²) >= 11 is 0. The second kappa shape index (κ2) is 10.0. The SMILES string of the molecule is Bc1cc2c(c(OCc3ccc(CN4CCOCC4=O)cc3)c1B)C(B)(B)N(C1CCC(=O)NC1=O)C2=O. The van der Waals surface area contributed by atoms with Gasteiger partial charge in [-0.25, -0.2) is 0 Å². The van der Waals surface area contributed by atoms with Crippen molar-refractivity contribution in [3.05, 3.63) is 52.6 Å². The molecule has 3 aliphatic rings. The second-order valence-electron chi connectivity index (χ2n) is 10.7. The number of benzene rings is 2. The van der Waals surface area contributed by atoms with E-state index in [1.54, 1.807) is 9.80 Å². The normalized spacial score (nSPS) is 20.9. The predicted molar refractivity (Wildman–Crippen MR) is 151 cm³/mol. The van der Waals surface area contributed by atoms with Crippen LogP contribution in [0.25, 0.3) is 0 Å². The fourth-order valence-electron chi connectivity index (χ4n) is 5.64. The first-order valence-electron chi connectivity index (χ1n) is 13.0. The minimum atomic E-state index is -0.808. The van der Waals surface area contributed by atoms with Crippen LogP contribution in [0.2, 0.25) is 0 Å². The lowest BCUT2D eigenvalue weighted by Gasteiger charge is -2.40. The predicted octanol–water partition coefficient (Wildman–Crippen LogP) is -4.22. The van der Waals surface area contributed by atoms with Gasteiger partial charge in [0.2, 0.25) is 17.7 Å². The highest BCUT2D eigenvalue weighted by atomic mass is 16.5. The third kappa shape index (κ3) is 4.64. The highest BCUT2D eigenvalue weighted by Crippen LogP contribution is 2.41. The molecule has 1 N–H and O–H groups in total. The molecule has 192 valence electrons. The Bertz CT molecular complexity index is 1330. The smallest absolute Gasteiger partial charge is 0.254 e. The summed E-state index contributed by atoms with van der Waals surface area (Å²) in [5, 5.41) is 1.57.